The molecule has 388 valence electrons. The Hall–Kier alpha value is -6.50. The van der Waals surface area contributed by atoms with Crippen LogP contribution in [0.3, 0.4) is 0 Å². The minimum Gasteiger partial charge on any atom is -0.507 e. The lowest BCUT2D eigenvalue weighted by Crippen LogP contribution is -2.61. The number of urea groups is 1. The first kappa shape index (κ1) is 49.7. The molecule has 3 saturated heterocycles. The molecule has 1 saturated carbocycles. The quantitative estimate of drug-likeness (QED) is 0.0904. The summed E-state index contributed by atoms with van der Waals surface area (Å²) in [5.74, 6) is 0.635. The number of para-hydroxylation sites is 1. The fourth-order valence-electron chi connectivity index (χ4n) is 12.5. The first-order valence-electron chi connectivity index (χ1n) is 26.4. The van der Waals surface area contributed by atoms with Gasteiger partial charge in [-0.1, -0.05) is 57.2 Å². The van der Waals surface area contributed by atoms with Gasteiger partial charge in [-0.05, 0) is 117 Å². The highest BCUT2D eigenvalue weighted by Gasteiger charge is 2.50. The predicted octanol–water partition coefficient (Wildman–Crippen LogP) is 7.50. The zero-order valence-electron chi connectivity index (χ0n) is 43.1. The topological polar surface area (TPSA) is 209 Å². The van der Waals surface area contributed by atoms with Crippen molar-refractivity contribution in [3.8, 4) is 27.4 Å². The Bertz CT molecular complexity index is 3020. The highest BCUT2D eigenvalue weighted by atomic mass is 32.1. The van der Waals surface area contributed by atoms with Crippen molar-refractivity contribution in [3.63, 3.8) is 0 Å². The van der Waals surface area contributed by atoms with Crippen molar-refractivity contribution < 1.29 is 24.6 Å². The lowest BCUT2D eigenvalue weighted by atomic mass is 9.59. The number of piperidine rings is 2. The van der Waals surface area contributed by atoms with E-state index in [1.54, 1.807) is 23.5 Å². The van der Waals surface area contributed by atoms with Crippen molar-refractivity contribution in [2.45, 2.75) is 129 Å². The number of aliphatic hydroxyl groups is 1. The number of hydrogen-bond acceptors (Lipinski definition) is 13. The Kier molecular flexibility index (Phi) is 13.4. The van der Waals surface area contributed by atoms with E-state index in [2.05, 4.69) is 47.5 Å². The molecular formula is C56H68N12O5S. The number of hydrogen-bond donors (Lipinski definition) is 5. The average molecular weight is 1020 g/mol. The number of phenols is 1. The summed E-state index contributed by atoms with van der Waals surface area (Å²) in [7, 11) is 0. The summed E-state index contributed by atoms with van der Waals surface area (Å²) < 4.78 is 0. The van der Waals surface area contributed by atoms with E-state index in [-0.39, 0.29) is 54.6 Å². The average Bonchev–Trinajstić information content (AvgIpc) is 4.12. The van der Waals surface area contributed by atoms with Gasteiger partial charge in [-0.15, -0.1) is 21.5 Å². The van der Waals surface area contributed by atoms with E-state index >= 15 is 0 Å². The molecule has 4 aromatic heterocycles. The minimum absolute atomic E-state index is 0.0169. The van der Waals surface area contributed by atoms with Crippen molar-refractivity contribution in [3.05, 3.63) is 101 Å². The SMILES string of the molecule is Cc1ncsc1-c1ccc(CNC(=O)[C@@H]2C[C@@H](O)CN2C(=O)[C@@H](NC(=O)N2CCC3(CC2)CC(N2CCC(c4cnc(N5CCc6[nH]c7nnc(-c8ccccc8O)cc7c6[C@H]5C)nc4)CC2)C3)C(C)(C)C)cc1. The van der Waals surface area contributed by atoms with E-state index in [1.807, 2.05) is 93.0 Å². The lowest BCUT2D eigenvalue weighted by Gasteiger charge is -2.56. The van der Waals surface area contributed by atoms with Gasteiger partial charge in [0.25, 0.3) is 0 Å². The van der Waals surface area contributed by atoms with Crippen LogP contribution >= 0.6 is 11.3 Å². The molecule has 8 heterocycles. The van der Waals surface area contributed by atoms with Crippen LogP contribution in [-0.4, -0.2) is 136 Å². The molecule has 4 amide bonds. The standard InChI is InChI=1S/C56H68N12O5S/c1-33-48(74-32-60-33)37-12-10-35(11-13-37)28-57-51(71)45-24-40(69)31-68(45)52(72)49(55(3,4)5)62-54(73)66-22-17-56(18-23-66)26-39(27-56)65-19-14-36(15-20-65)38-29-58-53(59-30-38)67-21-16-43-47(34(67)2)42-25-44(63-64-50(42)61-43)41-8-6-7-9-46(41)70/h6-13,25,29-30,32,34,36,39-40,45,49,69-70H,14-24,26-28,31H2,1-5H3,(H,57,71)(H,61,64)(H,62,73)/t34-,40-,45+,49-/m1/s1. The number of benzene rings is 2. The van der Waals surface area contributed by atoms with Crippen molar-refractivity contribution >= 4 is 46.2 Å². The molecule has 74 heavy (non-hydrogen) atoms. The first-order valence-corrected chi connectivity index (χ1v) is 27.3. The Labute approximate surface area is 436 Å². The molecule has 11 rings (SSSR count). The Balaban J connectivity index is 0.640. The van der Waals surface area contributed by atoms with Gasteiger partial charge >= 0.3 is 6.03 Å². The Morgan fingerprint density at radius 1 is 0.946 bits per heavy atom. The van der Waals surface area contributed by atoms with Crippen molar-refractivity contribution in [2.75, 3.05) is 44.2 Å². The summed E-state index contributed by atoms with van der Waals surface area (Å²) in [6.45, 7) is 14.4. The third-order valence-electron chi connectivity index (χ3n) is 16.9. The third kappa shape index (κ3) is 9.71. The molecule has 1 spiro atoms. The fourth-order valence-corrected chi connectivity index (χ4v) is 13.3. The van der Waals surface area contributed by atoms with Gasteiger partial charge in [-0.2, -0.15) is 0 Å². The number of carbonyl (C=O) groups is 3. The number of rotatable bonds is 10. The smallest absolute Gasteiger partial charge is 0.318 e. The molecule has 2 aromatic carbocycles. The van der Waals surface area contributed by atoms with Gasteiger partial charge in [0.05, 0.1) is 33.9 Å². The molecular weight excluding hydrogens is 953 g/mol. The Morgan fingerprint density at radius 2 is 1.68 bits per heavy atom. The van der Waals surface area contributed by atoms with E-state index in [4.69, 9.17) is 9.97 Å². The number of aromatic nitrogens is 6. The number of aromatic amines is 1. The van der Waals surface area contributed by atoms with Gasteiger partial charge in [0.15, 0.2) is 5.65 Å². The Morgan fingerprint density at radius 3 is 2.36 bits per heavy atom. The van der Waals surface area contributed by atoms with Crippen molar-refractivity contribution in [1.29, 1.82) is 0 Å². The van der Waals surface area contributed by atoms with Gasteiger partial charge < -0.3 is 45.4 Å². The van der Waals surface area contributed by atoms with Crippen LogP contribution in [0, 0.1) is 17.8 Å². The summed E-state index contributed by atoms with van der Waals surface area (Å²) in [5, 5.41) is 37.2. The maximum atomic E-state index is 14.3. The predicted molar refractivity (Wildman–Crippen MR) is 284 cm³/mol. The number of β-amino-alcohol motifs (C(OH)–C–C–N with tert-alkyl or cyclic N) is 1. The van der Waals surface area contributed by atoms with Crippen LogP contribution in [0.5, 0.6) is 5.75 Å². The number of aliphatic hydroxyl groups excluding tert-OH is 1. The van der Waals surface area contributed by atoms with Gasteiger partial charge in [-0.25, -0.2) is 19.7 Å². The van der Waals surface area contributed by atoms with Crippen LogP contribution in [0.15, 0.2) is 72.5 Å². The molecule has 4 fully saturated rings. The number of nitrogens with one attached hydrogen (secondary N) is 3. The lowest BCUT2D eigenvalue weighted by molar-refractivity contribution is -0.142. The number of nitrogens with zero attached hydrogens (tertiary/aromatic N) is 9. The molecule has 0 unspecified atom stereocenters. The summed E-state index contributed by atoms with van der Waals surface area (Å²) in [6.07, 6.45) is 10.5. The molecule has 0 bridgehead atoms. The van der Waals surface area contributed by atoms with Gasteiger partial charge in [0.2, 0.25) is 17.8 Å². The van der Waals surface area contributed by atoms with E-state index < -0.39 is 23.6 Å². The molecule has 17 nitrogen and oxygen atoms in total. The van der Waals surface area contributed by atoms with Gasteiger partial charge in [0.1, 0.15) is 17.8 Å². The van der Waals surface area contributed by atoms with Crippen LogP contribution in [0.4, 0.5) is 10.7 Å². The van der Waals surface area contributed by atoms with Crippen molar-refractivity contribution in [2.24, 2.45) is 10.8 Å². The van der Waals surface area contributed by atoms with E-state index in [9.17, 15) is 24.6 Å². The number of thiazole rings is 1. The summed E-state index contributed by atoms with van der Waals surface area (Å²) in [6, 6.07) is 15.8. The van der Waals surface area contributed by atoms with E-state index in [0.717, 1.165) is 109 Å². The third-order valence-corrected chi connectivity index (χ3v) is 17.9. The van der Waals surface area contributed by atoms with Crippen LogP contribution in [0.25, 0.3) is 32.7 Å². The summed E-state index contributed by atoms with van der Waals surface area (Å²) in [4.78, 5) is 69.0. The van der Waals surface area contributed by atoms with Crippen LogP contribution in [-0.2, 0) is 22.6 Å². The molecule has 18 heteroatoms. The summed E-state index contributed by atoms with van der Waals surface area (Å²) in [5.41, 5.74) is 9.93. The molecule has 1 aliphatic carbocycles. The molecule has 0 radical (unpaired) electrons. The number of aromatic hydroxyl groups is 1. The van der Waals surface area contributed by atoms with Gasteiger partial charge in [0, 0.05) is 86.2 Å². The monoisotopic (exact) mass is 1020 g/mol. The van der Waals surface area contributed by atoms with Gasteiger partial charge in [-0.3, -0.25) is 9.59 Å². The van der Waals surface area contributed by atoms with Crippen LogP contribution < -0.4 is 15.5 Å². The normalized spacial score (nSPS) is 21.9. The maximum Gasteiger partial charge on any atom is 0.318 e. The zero-order chi connectivity index (χ0) is 51.5. The molecule has 5 N–H and O–H groups in total. The number of likely N-dealkylation sites (tertiary alicyclic amines) is 3. The number of phenolic OH excluding ortho intramolecular Hbond substituents is 1. The molecule has 6 aromatic rings. The largest absolute Gasteiger partial charge is 0.507 e. The number of fused-ring (bicyclic) bond motifs is 3. The first-order chi connectivity index (χ1) is 35.6. The number of anilines is 1. The second-order valence-electron chi connectivity index (χ2n) is 22.6. The number of H-pyrrole nitrogens is 1. The highest BCUT2D eigenvalue weighted by Crippen LogP contribution is 2.52. The maximum absolute atomic E-state index is 14.3. The van der Waals surface area contributed by atoms with Crippen LogP contribution in [0.2, 0.25) is 0 Å². The second kappa shape index (κ2) is 20.0. The summed E-state index contributed by atoms with van der Waals surface area (Å²) >= 11 is 1.59. The number of carbonyl (C=O) groups excluding carboxylic acids is 3. The second-order valence-corrected chi connectivity index (χ2v) is 23.5. The minimum atomic E-state index is -0.883. The zero-order valence-corrected chi connectivity index (χ0v) is 43.9. The molecule has 4 atom stereocenters. The fraction of sp³-hybridized carbons (Fsp3) is 0.500. The molecule has 5 aliphatic rings. The van der Waals surface area contributed by atoms with Crippen molar-refractivity contribution in [1.82, 2.24) is 55.5 Å². The molecule has 4 aliphatic heterocycles. The van der Waals surface area contributed by atoms with E-state index in [1.165, 1.54) is 16.0 Å². The number of aryl methyl sites for hydroxylation is 1. The number of amides is 4. The highest BCUT2D eigenvalue weighted by molar-refractivity contribution is 7.13. The van der Waals surface area contributed by atoms with Crippen LogP contribution in [0.1, 0.15) is 113 Å². The van der Waals surface area contributed by atoms with E-state index in [0.29, 0.717) is 36.3 Å².